The van der Waals surface area contributed by atoms with Crippen LogP contribution >= 0.6 is 0 Å². The van der Waals surface area contributed by atoms with E-state index in [4.69, 9.17) is 14.2 Å². The Hall–Kier alpha value is -2.14. The first kappa shape index (κ1) is 63.9. The number of hydrogen-bond donors (Lipinski definition) is 0. The zero-order chi connectivity index (χ0) is 47.7. The van der Waals surface area contributed by atoms with Crippen LogP contribution in [-0.2, 0) is 23.8 Å². The molecule has 5 heteroatoms. The highest BCUT2D eigenvalue weighted by atomic mass is 16.6. The van der Waals surface area contributed by atoms with Crippen molar-refractivity contribution in [3.8, 4) is 0 Å². The number of esters is 2. The van der Waals surface area contributed by atoms with Crippen LogP contribution in [-0.4, -0.2) is 37.9 Å². The third kappa shape index (κ3) is 54.5. The fraction of sp³-hybridized carbons (Fsp3) is 0.836. The molecule has 0 spiro atoms. The van der Waals surface area contributed by atoms with E-state index in [1.165, 1.54) is 212 Å². The van der Waals surface area contributed by atoms with E-state index >= 15 is 0 Å². The minimum atomic E-state index is -0.541. The molecule has 0 heterocycles. The summed E-state index contributed by atoms with van der Waals surface area (Å²) in [5.74, 6) is -0.399. The molecule has 0 aromatic carbocycles. The molecular weight excluding hydrogens is 813 g/mol. The van der Waals surface area contributed by atoms with Crippen LogP contribution in [0.3, 0.4) is 0 Å². The lowest BCUT2D eigenvalue weighted by atomic mass is 10.0. The highest BCUT2D eigenvalue weighted by molar-refractivity contribution is 5.70. The van der Waals surface area contributed by atoms with Crippen LogP contribution in [0.5, 0.6) is 0 Å². The molecule has 0 aromatic rings. The van der Waals surface area contributed by atoms with Gasteiger partial charge < -0.3 is 14.2 Å². The Morgan fingerprint density at radius 3 is 1.03 bits per heavy atom. The molecule has 0 N–H and O–H groups in total. The van der Waals surface area contributed by atoms with E-state index < -0.39 is 6.10 Å². The number of carbonyl (C=O) groups is 2. The fourth-order valence-electron chi connectivity index (χ4n) is 8.45. The number of ether oxygens (including phenoxy) is 3. The molecule has 386 valence electrons. The van der Waals surface area contributed by atoms with Crippen LogP contribution in [0.1, 0.15) is 303 Å². The van der Waals surface area contributed by atoms with Crippen molar-refractivity contribution >= 4 is 11.9 Å². The molecule has 1 unspecified atom stereocenters. The van der Waals surface area contributed by atoms with Gasteiger partial charge in [-0.2, -0.15) is 0 Å². The first-order valence-corrected chi connectivity index (χ1v) is 29.2. The zero-order valence-electron chi connectivity index (χ0n) is 44.5. The Morgan fingerprint density at radius 1 is 0.333 bits per heavy atom. The summed E-state index contributed by atoms with van der Waals surface area (Å²) in [6.07, 6.45) is 71.2. The number of carbonyl (C=O) groups excluding carboxylic acids is 2. The average Bonchev–Trinajstić information content (AvgIpc) is 3.32. The van der Waals surface area contributed by atoms with Crippen molar-refractivity contribution in [3.63, 3.8) is 0 Å². The van der Waals surface area contributed by atoms with E-state index in [2.05, 4.69) is 69.4 Å². The third-order valence-electron chi connectivity index (χ3n) is 12.8. The minimum Gasteiger partial charge on any atom is -0.462 e. The second-order valence-electron chi connectivity index (χ2n) is 19.5. The molecular formula is C61H112O5. The monoisotopic (exact) mass is 925 g/mol. The van der Waals surface area contributed by atoms with E-state index in [1.807, 2.05) is 0 Å². The van der Waals surface area contributed by atoms with Crippen LogP contribution in [0.15, 0.2) is 48.6 Å². The second-order valence-corrected chi connectivity index (χ2v) is 19.5. The first-order chi connectivity index (χ1) is 32.6. The Bertz CT molecular complexity index is 1090. The van der Waals surface area contributed by atoms with Crippen molar-refractivity contribution in [1.82, 2.24) is 0 Å². The molecule has 0 aromatic heterocycles. The fourth-order valence-corrected chi connectivity index (χ4v) is 8.45. The van der Waals surface area contributed by atoms with Gasteiger partial charge in [0.05, 0.1) is 6.61 Å². The highest BCUT2D eigenvalue weighted by Crippen LogP contribution is 2.16. The average molecular weight is 926 g/mol. The van der Waals surface area contributed by atoms with Gasteiger partial charge in [-0.05, 0) is 83.5 Å². The smallest absolute Gasteiger partial charge is 0.306 e. The Morgan fingerprint density at radius 2 is 0.636 bits per heavy atom. The summed E-state index contributed by atoms with van der Waals surface area (Å²) in [5, 5.41) is 0. The van der Waals surface area contributed by atoms with E-state index in [1.54, 1.807) is 0 Å². The molecule has 0 aliphatic carbocycles. The van der Waals surface area contributed by atoms with Gasteiger partial charge in [0.15, 0.2) is 6.10 Å². The molecule has 0 saturated carbocycles. The van der Waals surface area contributed by atoms with Crippen LogP contribution in [0.2, 0.25) is 0 Å². The second kappa shape index (κ2) is 57.2. The summed E-state index contributed by atoms with van der Waals surface area (Å²) in [4.78, 5) is 25.5. The number of rotatable bonds is 54. The molecule has 1 atom stereocenters. The van der Waals surface area contributed by atoms with Crippen molar-refractivity contribution in [2.45, 2.75) is 309 Å². The lowest BCUT2D eigenvalue weighted by Gasteiger charge is -2.18. The predicted octanol–water partition coefficient (Wildman–Crippen LogP) is 19.9. The molecule has 0 saturated heterocycles. The van der Waals surface area contributed by atoms with E-state index in [-0.39, 0.29) is 25.2 Å². The van der Waals surface area contributed by atoms with Gasteiger partial charge in [-0.25, -0.2) is 0 Å². The minimum absolute atomic E-state index is 0.0815. The van der Waals surface area contributed by atoms with Gasteiger partial charge in [0.1, 0.15) is 6.61 Å². The highest BCUT2D eigenvalue weighted by Gasteiger charge is 2.17. The Kier molecular flexibility index (Phi) is 55.3. The van der Waals surface area contributed by atoms with E-state index in [0.717, 1.165) is 57.8 Å². The van der Waals surface area contributed by atoms with E-state index in [9.17, 15) is 9.59 Å². The third-order valence-corrected chi connectivity index (χ3v) is 12.8. The molecule has 0 aliphatic heterocycles. The normalized spacial score (nSPS) is 12.5. The van der Waals surface area contributed by atoms with Crippen LogP contribution in [0.25, 0.3) is 0 Å². The van der Waals surface area contributed by atoms with Gasteiger partial charge in [0.25, 0.3) is 0 Å². The van der Waals surface area contributed by atoms with Gasteiger partial charge in [0, 0.05) is 19.4 Å². The van der Waals surface area contributed by atoms with Gasteiger partial charge in [-0.3, -0.25) is 9.59 Å². The van der Waals surface area contributed by atoms with Gasteiger partial charge in [-0.15, -0.1) is 0 Å². The summed E-state index contributed by atoms with van der Waals surface area (Å²) in [5.41, 5.74) is 0. The van der Waals surface area contributed by atoms with Crippen molar-refractivity contribution in [3.05, 3.63) is 48.6 Å². The van der Waals surface area contributed by atoms with Gasteiger partial charge in [-0.1, -0.05) is 256 Å². The molecule has 0 amide bonds. The maximum Gasteiger partial charge on any atom is 0.306 e. The van der Waals surface area contributed by atoms with E-state index in [0.29, 0.717) is 19.4 Å². The van der Waals surface area contributed by atoms with Crippen molar-refractivity contribution in [1.29, 1.82) is 0 Å². The van der Waals surface area contributed by atoms with Crippen molar-refractivity contribution < 1.29 is 23.8 Å². The molecule has 0 aliphatic rings. The molecule has 0 fully saturated rings. The predicted molar refractivity (Wildman–Crippen MR) is 288 cm³/mol. The maximum atomic E-state index is 12.9. The molecule has 5 nitrogen and oxygen atoms in total. The maximum absolute atomic E-state index is 12.9. The van der Waals surface area contributed by atoms with Gasteiger partial charge >= 0.3 is 11.9 Å². The van der Waals surface area contributed by atoms with Crippen LogP contribution < -0.4 is 0 Å². The van der Waals surface area contributed by atoms with Crippen molar-refractivity contribution in [2.24, 2.45) is 0 Å². The zero-order valence-corrected chi connectivity index (χ0v) is 44.5. The number of allylic oxidation sites excluding steroid dienone is 8. The summed E-state index contributed by atoms with van der Waals surface area (Å²) in [6, 6.07) is 0. The SMILES string of the molecule is CCCCC/C=C\C/C=C\CCCCCCCCCC(=O)OCC(COCCCCCCCCCCCCCCCCCC)OC(=O)CCCCCCCCC/C=C\C/C=C\CCCCC. The Balaban J connectivity index is 4.27. The molecule has 0 bridgehead atoms. The largest absolute Gasteiger partial charge is 0.462 e. The Labute approximate surface area is 412 Å². The summed E-state index contributed by atoms with van der Waals surface area (Å²) in [6.45, 7) is 7.82. The topological polar surface area (TPSA) is 61.8 Å². The van der Waals surface area contributed by atoms with Crippen LogP contribution in [0.4, 0.5) is 0 Å². The quantitative estimate of drug-likeness (QED) is 0.0345. The first-order valence-electron chi connectivity index (χ1n) is 29.2. The lowest BCUT2D eigenvalue weighted by Crippen LogP contribution is -2.30. The molecule has 0 rings (SSSR count). The summed E-state index contributed by atoms with van der Waals surface area (Å²) >= 11 is 0. The standard InChI is InChI=1S/C61H112O5/c1-4-7-10-13-16-19-22-25-28-31-33-36-39-42-45-48-51-54-60(62)65-58-59(57-64-56-53-50-47-44-41-38-35-30-27-24-21-18-15-12-9-6-3)66-61(63)55-52-49-46-43-40-37-34-32-29-26-23-20-17-14-11-8-5-2/h16-17,19-20,25-26,28-29,59H,4-15,18,21-24,27,30-58H2,1-3H3/b19-16-,20-17-,28-25-,29-26-. The number of hydrogen-bond acceptors (Lipinski definition) is 5. The number of unbranched alkanes of at least 4 members (excludes halogenated alkanes) is 35. The molecule has 66 heavy (non-hydrogen) atoms. The van der Waals surface area contributed by atoms with Crippen LogP contribution in [0, 0.1) is 0 Å². The molecule has 0 radical (unpaired) electrons. The summed E-state index contributed by atoms with van der Waals surface area (Å²) in [7, 11) is 0. The van der Waals surface area contributed by atoms with Crippen molar-refractivity contribution in [2.75, 3.05) is 19.8 Å². The van der Waals surface area contributed by atoms with Gasteiger partial charge in [0.2, 0.25) is 0 Å². The summed E-state index contributed by atoms with van der Waals surface area (Å²) < 4.78 is 17.5. The lowest BCUT2D eigenvalue weighted by molar-refractivity contribution is -0.163.